The minimum atomic E-state index is -1.04. The quantitative estimate of drug-likeness (QED) is 0.616. The van der Waals surface area contributed by atoms with Crippen molar-refractivity contribution in [3.63, 3.8) is 0 Å². The van der Waals surface area contributed by atoms with E-state index in [4.69, 9.17) is 9.47 Å². The van der Waals surface area contributed by atoms with Gasteiger partial charge in [-0.25, -0.2) is 4.79 Å². The summed E-state index contributed by atoms with van der Waals surface area (Å²) in [5.74, 6) is -0.987. The van der Waals surface area contributed by atoms with Gasteiger partial charge in [0.2, 0.25) is 0 Å². The molecule has 6 nitrogen and oxygen atoms in total. The highest BCUT2D eigenvalue weighted by molar-refractivity contribution is 6.22. The Labute approximate surface area is 145 Å². The summed E-state index contributed by atoms with van der Waals surface area (Å²) >= 11 is 0. The van der Waals surface area contributed by atoms with Crippen molar-refractivity contribution in [3.8, 4) is 5.75 Å². The molecular formula is C19H17NO5. The number of nitrogens with zero attached hydrogens (tertiary/aromatic N) is 1. The van der Waals surface area contributed by atoms with Crippen molar-refractivity contribution < 1.29 is 23.9 Å². The van der Waals surface area contributed by atoms with E-state index in [0.29, 0.717) is 16.9 Å². The largest absolute Gasteiger partial charge is 0.497 e. The molecule has 0 aromatic heterocycles. The number of hydrogen-bond acceptors (Lipinski definition) is 5. The lowest BCUT2D eigenvalue weighted by atomic mass is 10.0. The Bertz CT molecular complexity index is 810. The highest BCUT2D eigenvalue weighted by atomic mass is 16.5. The van der Waals surface area contributed by atoms with Crippen LogP contribution in [-0.4, -0.2) is 42.9 Å². The Balaban J connectivity index is 1.96. The number of hydrogen-bond donors (Lipinski definition) is 0. The van der Waals surface area contributed by atoms with E-state index in [2.05, 4.69) is 0 Å². The molecule has 0 saturated carbocycles. The summed E-state index contributed by atoms with van der Waals surface area (Å²) in [7, 11) is 2.78. The van der Waals surface area contributed by atoms with E-state index in [1.54, 1.807) is 55.6 Å². The van der Waals surface area contributed by atoms with Crippen molar-refractivity contribution in [3.05, 3.63) is 65.2 Å². The molecule has 0 spiro atoms. The van der Waals surface area contributed by atoms with Crippen molar-refractivity contribution >= 4 is 17.8 Å². The molecule has 2 aromatic carbocycles. The second-order valence-corrected chi connectivity index (χ2v) is 5.62. The van der Waals surface area contributed by atoms with Crippen LogP contribution in [-0.2, 0) is 16.0 Å². The van der Waals surface area contributed by atoms with Crippen LogP contribution in [0, 0.1) is 0 Å². The van der Waals surface area contributed by atoms with Crippen LogP contribution in [0.1, 0.15) is 26.3 Å². The van der Waals surface area contributed by atoms with E-state index in [1.165, 1.54) is 7.11 Å². The van der Waals surface area contributed by atoms with E-state index in [1.807, 2.05) is 0 Å². The molecule has 1 aliphatic heterocycles. The molecule has 2 aromatic rings. The smallest absolute Gasteiger partial charge is 0.329 e. The predicted octanol–water partition coefficient (Wildman–Crippen LogP) is 2.08. The van der Waals surface area contributed by atoms with Crippen molar-refractivity contribution in [1.82, 2.24) is 4.90 Å². The zero-order chi connectivity index (χ0) is 18.0. The van der Waals surface area contributed by atoms with Crippen LogP contribution in [0.25, 0.3) is 0 Å². The van der Waals surface area contributed by atoms with Crippen molar-refractivity contribution in [1.29, 1.82) is 0 Å². The first kappa shape index (κ1) is 16.7. The molecule has 25 heavy (non-hydrogen) atoms. The van der Waals surface area contributed by atoms with Gasteiger partial charge in [-0.05, 0) is 29.8 Å². The van der Waals surface area contributed by atoms with Crippen LogP contribution in [0.2, 0.25) is 0 Å². The average molecular weight is 339 g/mol. The van der Waals surface area contributed by atoms with Gasteiger partial charge in [-0.2, -0.15) is 0 Å². The fourth-order valence-corrected chi connectivity index (χ4v) is 2.93. The van der Waals surface area contributed by atoms with E-state index in [-0.39, 0.29) is 6.42 Å². The molecule has 1 aliphatic rings. The number of carbonyl (C=O) groups excluding carboxylic acids is 3. The van der Waals surface area contributed by atoms with Crippen LogP contribution in [0.3, 0.4) is 0 Å². The van der Waals surface area contributed by atoms with Crippen molar-refractivity contribution in [2.45, 2.75) is 12.5 Å². The molecule has 0 N–H and O–H groups in total. The number of imide groups is 1. The van der Waals surface area contributed by atoms with Crippen LogP contribution < -0.4 is 4.74 Å². The maximum absolute atomic E-state index is 12.7. The van der Waals surface area contributed by atoms with E-state index in [0.717, 1.165) is 10.5 Å². The van der Waals surface area contributed by atoms with Crippen LogP contribution in [0.15, 0.2) is 48.5 Å². The molecule has 1 heterocycles. The summed E-state index contributed by atoms with van der Waals surface area (Å²) in [6.45, 7) is 0. The highest BCUT2D eigenvalue weighted by Gasteiger charge is 2.43. The van der Waals surface area contributed by atoms with E-state index >= 15 is 0 Å². The van der Waals surface area contributed by atoms with E-state index in [9.17, 15) is 14.4 Å². The molecule has 0 aliphatic carbocycles. The number of benzene rings is 2. The summed E-state index contributed by atoms with van der Waals surface area (Å²) in [6.07, 6.45) is 0.148. The molecule has 0 fully saturated rings. The molecular weight excluding hydrogens is 322 g/mol. The number of ether oxygens (including phenoxy) is 2. The summed E-state index contributed by atoms with van der Waals surface area (Å²) < 4.78 is 10.0. The van der Waals surface area contributed by atoms with E-state index < -0.39 is 23.8 Å². The van der Waals surface area contributed by atoms with Crippen molar-refractivity contribution in [2.75, 3.05) is 14.2 Å². The monoisotopic (exact) mass is 339 g/mol. The SMILES string of the molecule is COC(=O)C(Cc1cccc(OC)c1)N1C(=O)c2ccccc2C1=O. The Kier molecular flexibility index (Phi) is 4.52. The van der Waals surface area contributed by atoms with Crippen molar-refractivity contribution in [2.24, 2.45) is 0 Å². The molecule has 1 unspecified atom stereocenters. The molecule has 2 amide bonds. The minimum absolute atomic E-state index is 0.148. The second-order valence-electron chi connectivity index (χ2n) is 5.62. The Morgan fingerprint density at radius 2 is 1.64 bits per heavy atom. The van der Waals surface area contributed by atoms with Gasteiger partial charge in [0.1, 0.15) is 11.8 Å². The molecule has 0 saturated heterocycles. The van der Waals surface area contributed by atoms with Gasteiger partial charge in [-0.15, -0.1) is 0 Å². The number of fused-ring (bicyclic) bond motifs is 1. The first-order chi connectivity index (χ1) is 12.1. The van der Waals surface area contributed by atoms with Gasteiger partial charge in [-0.3, -0.25) is 14.5 Å². The van der Waals surface area contributed by atoms with Gasteiger partial charge >= 0.3 is 5.97 Å². The van der Waals surface area contributed by atoms with Crippen LogP contribution >= 0.6 is 0 Å². The first-order valence-electron chi connectivity index (χ1n) is 7.74. The standard InChI is InChI=1S/C19H17NO5/c1-24-13-7-5-6-12(10-13)11-16(19(23)25-2)20-17(21)14-8-3-4-9-15(14)18(20)22/h3-10,16H,11H2,1-2H3. The van der Waals surface area contributed by atoms with Gasteiger partial charge in [0.15, 0.2) is 0 Å². The molecule has 0 radical (unpaired) electrons. The van der Waals surface area contributed by atoms with Crippen LogP contribution in [0.5, 0.6) is 5.75 Å². The predicted molar refractivity (Wildman–Crippen MR) is 89.4 cm³/mol. The summed E-state index contributed by atoms with van der Waals surface area (Å²) in [6, 6.07) is 12.6. The zero-order valence-electron chi connectivity index (χ0n) is 13.9. The summed E-state index contributed by atoms with van der Waals surface area (Å²) in [5.41, 5.74) is 1.35. The fraction of sp³-hybridized carbons (Fsp3) is 0.211. The zero-order valence-corrected chi connectivity index (χ0v) is 13.9. The second kappa shape index (κ2) is 6.76. The normalized spacial score (nSPS) is 14.2. The summed E-state index contributed by atoms with van der Waals surface area (Å²) in [5, 5.41) is 0. The maximum atomic E-state index is 12.7. The minimum Gasteiger partial charge on any atom is -0.497 e. The third-order valence-electron chi connectivity index (χ3n) is 4.17. The number of esters is 1. The lowest BCUT2D eigenvalue weighted by Gasteiger charge is -2.24. The van der Waals surface area contributed by atoms with Gasteiger partial charge in [0, 0.05) is 6.42 Å². The number of amides is 2. The van der Waals surface area contributed by atoms with Gasteiger partial charge in [-0.1, -0.05) is 24.3 Å². The van der Waals surface area contributed by atoms with Gasteiger partial charge < -0.3 is 9.47 Å². The topological polar surface area (TPSA) is 72.9 Å². The maximum Gasteiger partial charge on any atom is 0.329 e. The molecule has 128 valence electrons. The van der Waals surface area contributed by atoms with Crippen LogP contribution in [0.4, 0.5) is 0 Å². The molecule has 0 bridgehead atoms. The average Bonchev–Trinajstić information content (AvgIpc) is 2.90. The Hall–Kier alpha value is -3.15. The third kappa shape index (κ3) is 2.98. The molecule has 1 atom stereocenters. The Morgan fingerprint density at radius 1 is 1.00 bits per heavy atom. The lowest BCUT2D eigenvalue weighted by Crippen LogP contribution is -2.46. The number of carbonyl (C=O) groups is 3. The molecule has 6 heteroatoms. The Morgan fingerprint density at radius 3 is 2.20 bits per heavy atom. The molecule has 3 rings (SSSR count). The lowest BCUT2D eigenvalue weighted by molar-refractivity contribution is -0.145. The number of methoxy groups -OCH3 is 2. The van der Waals surface area contributed by atoms with Gasteiger partial charge in [0.25, 0.3) is 11.8 Å². The third-order valence-corrected chi connectivity index (χ3v) is 4.17. The number of rotatable bonds is 5. The van der Waals surface area contributed by atoms with Gasteiger partial charge in [0.05, 0.1) is 25.3 Å². The summed E-state index contributed by atoms with van der Waals surface area (Å²) in [4.78, 5) is 38.6. The fourth-order valence-electron chi connectivity index (χ4n) is 2.93. The first-order valence-corrected chi connectivity index (χ1v) is 7.74. The highest BCUT2D eigenvalue weighted by Crippen LogP contribution is 2.27.